The number of benzene rings is 1. The van der Waals surface area contributed by atoms with Crippen LogP contribution >= 0.6 is 11.8 Å². The standard InChI is InChI=1S/C14H21NOS/c1-17-13-8-4-3-7-12(13)15-11-14(16)9-5-2-6-10-14/h3-4,7-8,15-16H,2,5-6,9-11H2,1H3. The molecular formula is C14H21NOS. The van der Waals surface area contributed by atoms with Crippen molar-refractivity contribution in [3.8, 4) is 0 Å². The van der Waals surface area contributed by atoms with E-state index in [1.807, 2.05) is 12.1 Å². The van der Waals surface area contributed by atoms with Crippen LogP contribution < -0.4 is 5.32 Å². The first-order valence-electron chi connectivity index (χ1n) is 6.33. The molecule has 1 aliphatic carbocycles. The fraction of sp³-hybridized carbons (Fsp3) is 0.571. The zero-order chi connectivity index (χ0) is 12.1. The Kier molecular flexibility index (Phi) is 4.35. The van der Waals surface area contributed by atoms with Crippen LogP contribution in [0, 0.1) is 0 Å². The van der Waals surface area contributed by atoms with Crippen LogP contribution in [0.25, 0.3) is 0 Å². The molecule has 0 spiro atoms. The van der Waals surface area contributed by atoms with E-state index in [1.54, 1.807) is 11.8 Å². The topological polar surface area (TPSA) is 32.3 Å². The zero-order valence-corrected chi connectivity index (χ0v) is 11.2. The van der Waals surface area contributed by atoms with Crippen molar-refractivity contribution in [1.82, 2.24) is 0 Å². The molecule has 0 amide bonds. The van der Waals surface area contributed by atoms with Gasteiger partial charge in [-0.25, -0.2) is 0 Å². The Morgan fingerprint density at radius 2 is 1.94 bits per heavy atom. The minimum atomic E-state index is -0.496. The minimum Gasteiger partial charge on any atom is -0.388 e. The maximum atomic E-state index is 10.4. The highest BCUT2D eigenvalue weighted by Crippen LogP contribution is 2.30. The van der Waals surface area contributed by atoms with Crippen molar-refractivity contribution in [2.45, 2.75) is 42.6 Å². The fourth-order valence-electron chi connectivity index (χ4n) is 2.44. The van der Waals surface area contributed by atoms with E-state index >= 15 is 0 Å². The van der Waals surface area contributed by atoms with Crippen LogP contribution in [0.1, 0.15) is 32.1 Å². The summed E-state index contributed by atoms with van der Waals surface area (Å²) in [7, 11) is 0. The lowest BCUT2D eigenvalue weighted by molar-refractivity contribution is 0.0167. The van der Waals surface area contributed by atoms with Crippen molar-refractivity contribution in [2.24, 2.45) is 0 Å². The summed E-state index contributed by atoms with van der Waals surface area (Å²) in [5.41, 5.74) is 0.642. The molecule has 0 heterocycles. The summed E-state index contributed by atoms with van der Waals surface area (Å²) in [4.78, 5) is 1.24. The monoisotopic (exact) mass is 251 g/mol. The van der Waals surface area contributed by atoms with Crippen molar-refractivity contribution in [3.05, 3.63) is 24.3 Å². The normalized spacial score (nSPS) is 18.9. The predicted octanol–water partition coefficient (Wildman–Crippen LogP) is 3.52. The van der Waals surface area contributed by atoms with E-state index in [0.29, 0.717) is 6.54 Å². The van der Waals surface area contributed by atoms with Crippen LogP contribution in [-0.2, 0) is 0 Å². The summed E-state index contributed by atoms with van der Waals surface area (Å²) in [5.74, 6) is 0. The lowest BCUT2D eigenvalue weighted by Gasteiger charge is -2.32. The van der Waals surface area contributed by atoms with Gasteiger partial charge in [0.25, 0.3) is 0 Å². The van der Waals surface area contributed by atoms with Gasteiger partial charge in [-0.2, -0.15) is 0 Å². The molecule has 0 radical (unpaired) electrons. The first-order valence-corrected chi connectivity index (χ1v) is 7.55. The first-order chi connectivity index (χ1) is 8.23. The Balaban J connectivity index is 1.96. The molecule has 0 saturated heterocycles. The summed E-state index contributed by atoms with van der Waals surface area (Å²) in [6.07, 6.45) is 7.52. The van der Waals surface area contributed by atoms with Crippen LogP contribution in [-0.4, -0.2) is 23.5 Å². The molecule has 1 aliphatic rings. The van der Waals surface area contributed by atoms with Crippen LogP contribution in [0.3, 0.4) is 0 Å². The second-order valence-electron chi connectivity index (χ2n) is 4.84. The van der Waals surface area contributed by atoms with Gasteiger partial charge >= 0.3 is 0 Å². The molecule has 1 aromatic rings. The first kappa shape index (κ1) is 12.8. The molecular weight excluding hydrogens is 230 g/mol. The summed E-state index contributed by atoms with van der Waals surface area (Å²) in [5, 5.41) is 13.8. The fourth-order valence-corrected chi connectivity index (χ4v) is 3.01. The number of rotatable bonds is 4. The second-order valence-corrected chi connectivity index (χ2v) is 5.69. The number of aliphatic hydroxyl groups is 1. The van der Waals surface area contributed by atoms with Crippen LogP contribution in [0.2, 0.25) is 0 Å². The Labute approximate surface area is 108 Å². The van der Waals surface area contributed by atoms with Gasteiger partial charge in [-0.05, 0) is 31.2 Å². The van der Waals surface area contributed by atoms with Gasteiger partial charge in [-0.15, -0.1) is 11.8 Å². The Morgan fingerprint density at radius 3 is 2.65 bits per heavy atom. The molecule has 17 heavy (non-hydrogen) atoms. The van der Waals surface area contributed by atoms with Crippen LogP contribution in [0.4, 0.5) is 5.69 Å². The molecule has 2 rings (SSSR count). The van der Waals surface area contributed by atoms with Crippen LogP contribution in [0.5, 0.6) is 0 Å². The number of hydrogen-bond donors (Lipinski definition) is 2. The van der Waals surface area contributed by atoms with Crippen molar-refractivity contribution in [3.63, 3.8) is 0 Å². The summed E-state index contributed by atoms with van der Waals surface area (Å²) < 4.78 is 0. The summed E-state index contributed by atoms with van der Waals surface area (Å²) in [6.45, 7) is 0.671. The Hall–Kier alpha value is -0.670. The van der Waals surface area contributed by atoms with E-state index in [4.69, 9.17) is 0 Å². The number of anilines is 1. The molecule has 0 atom stereocenters. The molecule has 2 N–H and O–H groups in total. The Bertz CT molecular complexity index is 361. The average molecular weight is 251 g/mol. The molecule has 2 nitrogen and oxygen atoms in total. The lowest BCUT2D eigenvalue weighted by atomic mass is 9.85. The van der Waals surface area contributed by atoms with E-state index in [9.17, 15) is 5.11 Å². The number of para-hydroxylation sites is 1. The molecule has 1 aromatic carbocycles. The third-order valence-electron chi connectivity index (χ3n) is 3.50. The molecule has 1 saturated carbocycles. The third-order valence-corrected chi connectivity index (χ3v) is 4.29. The summed E-state index contributed by atoms with van der Waals surface area (Å²) >= 11 is 1.74. The van der Waals surface area contributed by atoms with Crippen molar-refractivity contribution in [2.75, 3.05) is 18.1 Å². The number of hydrogen-bond acceptors (Lipinski definition) is 3. The van der Waals surface area contributed by atoms with E-state index in [1.165, 1.54) is 11.3 Å². The van der Waals surface area contributed by atoms with E-state index in [2.05, 4.69) is 23.7 Å². The maximum Gasteiger partial charge on any atom is 0.0819 e. The minimum absolute atomic E-state index is 0.496. The summed E-state index contributed by atoms with van der Waals surface area (Å²) in [6, 6.07) is 8.27. The highest BCUT2D eigenvalue weighted by atomic mass is 32.2. The lowest BCUT2D eigenvalue weighted by Crippen LogP contribution is -2.38. The smallest absolute Gasteiger partial charge is 0.0819 e. The zero-order valence-electron chi connectivity index (χ0n) is 10.4. The molecule has 0 bridgehead atoms. The molecule has 1 fully saturated rings. The van der Waals surface area contributed by atoms with Gasteiger partial charge in [0.2, 0.25) is 0 Å². The molecule has 94 valence electrons. The van der Waals surface area contributed by atoms with E-state index < -0.39 is 5.60 Å². The quantitative estimate of drug-likeness (QED) is 0.803. The van der Waals surface area contributed by atoms with Gasteiger partial charge in [0.15, 0.2) is 0 Å². The highest BCUT2D eigenvalue weighted by molar-refractivity contribution is 7.98. The van der Waals surface area contributed by atoms with Gasteiger partial charge in [-0.3, -0.25) is 0 Å². The predicted molar refractivity (Wildman–Crippen MR) is 74.7 cm³/mol. The molecule has 3 heteroatoms. The van der Waals surface area contributed by atoms with Gasteiger partial charge in [0, 0.05) is 17.1 Å². The SMILES string of the molecule is CSc1ccccc1NCC1(O)CCCCC1. The largest absolute Gasteiger partial charge is 0.388 e. The number of thioether (sulfide) groups is 1. The Morgan fingerprint density at radius 1 is 1.24 bits per heavy atom. The van der Waals surface area contributed by atoms with Crippen molar-refractivity contribution in [1.29, 1.82) is 0 Å². The van der Waals surface area contributed by atoms with E-state index in [0.717, 1.165) is 31.4 Å². The van der Waals surface area contributed by atoms with Gasteiger partial charge in [0.05, 0.1) is 5.60 Å². The average Bonchev–Trinajstić information content (AvgIpc) is 2.38. The van der Waals surface area contributed by atoms with Gasteiger partial charge in [0.1, 0.15) is 0 Å². The number of nitrogens with one attached hydrogen (secondary N) is 1. The second kappa shape index (κ2) is 5.78. The van der Waals surface area contributed by atoms with E-state index in [-0.39, 0.29) is 0 Å². The van der Waals surface area contributed by atoms with Crippen LogP contribution in [0.15, 0.2) is 29.2 Å². The van der Waals surface area contributed by atoms with Crippen molar-refractivity contribution >= 4 is 17.4 Å². The molecule has 0 aliphatic heterocycles. The molecule has 0 aromatic heterocycles. The molecule has 0 unspecified atom stereocenters. The van der Waals surface area contributed by atoms with Crippen molar-refractivity contribution < 1.29 is 5.11 Å². The third kappa shape index (κ3) is 3.39. The van der Waals surface area contributed by atoms with Gasteiger partial charge < -0.3 is 10.4 Å². The maximum absolute atomic E-state index is 10.4. The van der Waals surface area contributed by atoms with Gasteiger partial charge in [-0.1, -0.05) is 31.4 Å². The highest BCUT2D eigenvalue weighted by Gasteiger charge is 2.28.